The van der Waals surface area contributed by atoms with Gasteiger partial charge in [-0.1, -0.05) is 12.1 Å². The van der Waals surface area contributed by atoms with Gasteiger partial charge < -0.3 is 19.3 Å². The van der Waals surface area contributed by atoms with E-state index in [1.807, 2.05) is 6.92 Å². The van der Waals surface area contributed by atoms with Crippen molar-refractivity contribution in [3.63, 3.8) is 0 Å². The van der Waals surface area contributed by atoms with Crippen LogP contribution in [-0.4, -0.2) is 49.1 Å². The standard InChI is InChI=1S/C23H23NO6/c1-3-29-17-7-4-6-15(10-17)23(27)22-19-12-20(28-2)21(30-9-5-8-25)11-18(19)16(14-26)13-24-22/h4,6-7,10-14,25H,3,5,8-9H2,1-2H3. The van der Waals surface area contributed by atoms with Gasteiger partial charge in [-0.25, -0.2) is 0 Å². The van der Waals surface area contributed by atoms with Crippen LogP contribution < -0.4 is 14.2 Å². The molecule has 2 aromatic carbocycles. The first-order valence-corrected chi connectivity index (χ1v) is 9.60. The number of ketones is 1. The summed E-state index contributed by atoms with van der Waals surface area (Å²) in [6, 6.07) is 10.2. The largest absolute Gasteiger partial charge is 0.494 e. The summed E-state index contributed by atoms with van der Waals surface area (Å²) in [5.41, 5.74) is 0.958. The minimum absolute atomic E-state index is 0.00113. The lowest BCUT2D eigenvalue weighted by molar-refractivity contribution is 0.103. The van der Waals surface area contributed by atoms with Gasteiger partial charge in [0.05, 0.1) is 20.3 Å². The van der Waals surface area contributed by atoms with Crippen LogP contribution in [0.4, 0.5) is 0 Å². The Morgan fingerprint density at radius 2 is 1.93 bits per heavy atom. The molecular weight excluding hydrogens is 386 g/mol. The normalized spacial score (nSPS) is 10.6. The third kappa shape index (κ3) is 4.41. The molecule has 3 rings (SSSR count). The number of aliphatic hydroxyl groups is 1. The van der Waals surface area contributed by atoms with Crippen LogP contribution in [0.25, 0.3) is 10.8 Å². The first-order chi connectivity index (χ1) is 14.6. The molecule has 0 aliphatic carbocycles. The van der Waals surface area contributed by atoms with E-state index in [1.165, 1.54) is 13.3 Å². The van der Waals surface area contributed by atoms with E-state index in [0.717, 1.165) is 0 Å². The summed E-state index contributed by atoms with van der Waals surface area (Å²) in [5, 5.41) is 9.99. The summed E-state index contributed by atoms with van der Waals surface area (Å²) in [4.78, 5) is 29.0. The molecular formula is C23H23NO6. The second-order valence-corrected chi connectivity index (χ2v) is 6.44. The van der Waals surface area contributed by atoms with Gasteiger partial charge in [0, 0.05) is 35.7 Å². The van der Waals surface area contributed by atoms with Crippen LogP contribution in [0.15, 0.2) is 42.6 Å². The smallest absolute Gasteiger partial charge is 0.212 e. The van der Waals surface area contributed by atoms with E-state index in [-0.39, 0.29) is 24.7 Å². The Bertz CT molecular complexity index is 1060. The van der Waals surface area contributed by atoms with Crippen molar-refractivity contribution >= 4 is 22.8 Å². The number of carbonyl (C=O) groups excluding carboxylic acids is 2. The van der Waals surface area contributed by atoms with Crippen molar-refractivity contribution in [2.75, 3.05) is 26.9 Å². The number of ether oxygens (including phenoxy) is 3. The number of hydrogen-bond acceptors (Lipinski definition) is 7. The first-order valence-electron chi connectivity index (χ1n) is 9.60. The molecule has 0 aliphatic rings. The van der Waals surface area contributed by atoms with Crippen molar-refractivity contribution in [1.29, 1.82) is 0 Å². The number of pyridine rings is 1. The quantitative estimate of drug-likeness (QED) is 0.311. The summed E-state index contributed by atoms with van der Waals surface area (Å²) < 4.78 is 16.6. The van der Waals surface area contributed by atoms with E-state index in [0.29, 0.717) is 58.5 Å². The van der Waals surface area contributed by atoms with Crippen molar-refractivity contribution in [3.8, 4) is 17.2 Å². The van der Waals surface area contributed by atoms with Crippen LogP contribution in [-0.2, 0) is 0 Å². The lowest BCUT2D eigenvalue weighted by Crippen LogP contribution is -2.08. The van der Waals surface area contributed by atoms with Crippen LogP contribution in [0.3, 0.4) is 0 Å². The fourth-order valence-electron chi connectivity index (χ4n) is 3.09. The molecule has 0 unspecified atom stereocenters. The Kier molecular flexibility index (Phi) is 6.98. The Morgan fingerprint density at radius 1 is 1.13 bits per heavy atom. The molecule has 7 heteroatoms. The summed E-state index contributed by atoms with van der Waals surface area (Å²) in [7, 11) is 1.49. The zero-order valence-electron chi connectivity index (χ0n) is 16.9. The number of hydrogen-bond donors (Lipinski definition) is 1. The number of aliphatic hydroxyl groups excluding tert-OH is 1. The molecule has 30 heavy (non-hydrogen) atoms. The van der Waals surface area contributed by atoms with Crippen molar-refractivity contribution in [2.24, 2.45) is 0 Å². The molecule has 1 heterocycles. The number of aromatic nitrogens is 1. The number of rotatable bonds is 10. The van der Waals surface area contributed by atoms with Crippen LogP contribution in [0.1, 0.15) is 39.8 Å². The number of aldehydes is 1. The average Bonchev–Trinajstić information content (AvgIpc) is 2.78. The highest BCUT2D eigenvalue weighted by Crippen LogP contribution is 2.35. The Morgan fingerprint density at radius 3 is 2.63 bits per heavy atom. The van der Waals surface area contributed by atoms with E-state index >= 15 is 0 Å². The summed E-state index contributed by atoms with van der Waals surface area (Å²) in [5.74, 6) is 1.12. The topological polar surface area (TPSA) is 95.0 Å². The predicted octanol–water partition coefficient (Wildman–Crippen LogP) is 3.45. The van der Waals surface area contributed by atoms with Gasteiger partial charge in [0.25, 0.3) is 0 Å². The van der Waals surface area contributed by atoms with E-state index in [4.69, 9.17) is 19.3 Å². The highest BCUT2D eigenvalue weighted by atomic mass is 16.5. The van der Waals surface area contributed by atoms with Crippen LogP contribution in [0.2, 0.25) is 0 Å². The molecule has 0 spiro atoms. The summed E-state index contributed by atoms with van der Waals surface area (Å²) in [6.45, 7) is 2.64. The van der Waals surface area contributed by atoms with Gasteiger partial charge in [-0.3, -0.25) is 14.6 Å². The molecule has 0 fully saturated rings. The third-order valence-corrected chi connectivity index (χ3v) is 4.51. The number of fused-ring (bicyclic) bond motifs is 1. The second-order valence-electron chi connectivity index (χ2n) is 6.44. The highest BCUT2D eigenvalue weighted by molar-refractivity contribution is 6.17. The number of nitrogens with zero attached hydrogens (tertiary/aromatic N) is 1. The second kappa shape index (κ2) is 9.84. The van der Waals surface area contributed by atoms with E-state index in [1.54, 1.807) is 36.4 Å². The van der Waals surface area contributed by atoms with E-state index in [9.17, 15) is 9.59 Å². The zero-order valence-corrected chi connectivity index (χ0v) is 16.9. The van der Waals surface area contributed by atoms with Gasteiger partial charge >= 0.3 is 0 Å². The van der Waals surface area contributed by atoms with Crippen molar-refractivity contribution in [1.82, 2.24) is 4.98 Å². The summed E-state index contributed by atoms with van der Waals surface area (Å²) >= 11 is 0. The average molecular weight is 409 g/mol. The van der Waals surface area contributed by atoms with Crippen LogP contribution in [0.5, 0.6) is 17.2 Å². The van der Waals surface area contributed by atoms with Gasteiger partial charge in [-0.15, -0.1) is 0 Å². The number of methoxy groups -OCH3 is 1. The monoisotopic (exact) mass is 409 g/mol. The molecule has 156 valence electrons. The Labute approximate surface area is 174 Å². The SMILES string of the molecule is CCOc1cccc(C(=O)c2ncc(C=O)c3cc(OCCCO)c(OC)cc23)c1. The lowest BCUT2D eigenvalue weighted by atomic mass is 9.99. The van der Waals surface area contributed by atoms with Crippen LogP contribution >= 0.6 is 0 Å². The lowest BCUT2D eigenvalue weighted by Gasteiger charge is -2.14. The van der Waals surface area contributed by atoms with Crippen molar-refractivity contribution in [3.05, 3.63) is 59.4 Å². The van der Waals surface area contributed by atoms with Gasteiger partial charge in [0.2, 0.25) is 5.78 Å². The molecule has 0 amide bonds. The molecule has 1 N–H and O–H groups in total. The molecule has 0 saturated heterocycles. The number of carbonyl (C=O) groups is 2. The molecule has 7 nitrogen and oxygen atoms in total. The maximum Gasteiger partial charge on any atom is 0.212 e. The maximum absolute atomic E-state index is 13.2. The predicted molar refractivity (Wildman–Crippen MR) is 112 cm³/mol. The fraction of sp³-hybridized carbons (Fsp3) is 0.261. The maximum atomic E-state index is 13.2. The van der Waals surface area contributed by atoms with Crippen molar-refractivity contribution in [2.45, 2.75) is 13.3 Å². The molecule has 0 radical (unpaired) electrons. The van der Waals surface area contributed by atoms with Gasteiger partial charge in [-0.05, 0) is 36.6 Å². The van der Waals surface area contributed by atoms with E-state index < -0.39 is 0 Å². The summed E-state index contributed by atoms with van der Waals surface area (Å²) in [6.07, 6.45) is 2.51. The molecule has 3 aromatic rings. The van der Waals surface area contributed by atoms with Crippen molar-refractivity contribution < 1.29 is 28.9 Å². The molecule has 0 saturated carbocycles. The first kappa shape index (κ1) is 21.3. The Balaban J connectivity index is 2.12. The minimum Gasteiger partial charge on any atom is -0.494 e. The third-order valence-electron chi connectivity index (χ3n) is 4.51. The molecule has 0 aliphatic heterocycles. The van der Waals surface area contributed by atoms with Gasteiger partial charge in [-0.2, -0.15) is 0 Å². The Hall–Kier alpha value is -3.45. The highest BCUT2D eigenvalue weighted by Gasteiger charge is 2.19. The molecule has 0 atom stereocenters. The van der Waals surface area contributed by atoms with E-state index in [2.05, 4.69) is 4.98 Å². The minimum atomic E-state index is -0.296. The van der Waals surface area contributed by atoms with Gasteiger partial charge in [0.15, 0.2) is 17.8 Å². The molecule has 0 bridgehead atoms. The van der Waals surface area contributed by atoms with Crippen LogP contribution in [0, 0.1) is 0 Å². The van der Waals surface area contributed by atoms with Gasteiger partial charge in [0.1, 0.15) is 11.4 Å². The number of benzene rings is 2. The fourth-order valence-corrected chi connectivity index (χ4v) is 3.09. The molecule has 1 aromatic heterocycles. The zero-order chi connectivity index (χ0) is 21.5.